The second-order valence-corrected chi connectivity index (χ2v) is 12.1. The molecule has 5 aromatic carbocycles. The van der Waals surface area contributed by atoms with Crippen LogP contribution >= 0.6 is 0 Å². The van der Waals surface area contributed by atoms with Gasteiger partial charge in [-0.25, -0.2) is 15.0 Å². The maximum Gasteiger partial charge on any atom is 0.235 e. The van der Waals surface area contributed by atoms with Crippen molar-refractivity contribution in [1.82, 2.24) is 19.5 Å². The Labute approximate surface area is 266 Å². The molecule has 0 aliphatic heterocycles. The molecule has 4 nitrogen and oxygen atoms in total. The number of nitrogens with zero attached hydrogens (tertiary/aromatic N) is 4. The zero-order chi connectivity index (χ0) is 30.2. The highest BCUT2D eigenvalue weighted by Gasteiger charge is 2.48. The highest BCUT2D eigenvalue weighted by atomic mass is 15.2. The summed E-state index contributed by atoms with van der Waals surface area (Å²) in [5.41, 5.74) is 14.1. The molecule has 10 rings (SSSR count). The molecule has 3 aromatic heterocycles. The van der Waals surface area contributed by atoms with E-state index in [4.69, 9.17) is 4.98 Å². The lowest BCUT2D eigenvalue weighted by molar-refractivity contribution is 0.766. The van der Waals surface area contributed by atoms with Crippen molar-refractivity contribution in [2.45, 2.75) is 5.41 Å². The summed E-state index contributed by atoms with van der Waals surface area (Å²) in [4.78, 5) is 13.9. The molecule has 0 amide bonds. The van der Waals surface area contributed by atoms with Gasteiger partial charge in [-0.05, 0) is 92.0 Å². The van der Waals surface area contributed by atoms with Gasteiger partial charge in [-0.2, -0.15) is 0 Å². The first-order valence-corrected chi connectivity index (χ1v) is 15.6. The van der Waals surface area contributed by atoms with Crippen molar-refractivity contribution in [1.29, 1.82) is 0 Å². The minimum Gasteiger partial charge on any atom is -0.262 e. The molecule has 4 heteroatoms. The average molecular weight is 587 g/mol. The van der Waals surface area contributed by atoms with Gasteiger partial charge in [-0.3, -0.25) is 4.57 Å². The molecule has 1 spiro atoms. The lowest BCUT2D eigenvalue weighted by atomic mass is 9.65. The summed E-state index contributed by atoms with van der Waals surface area (Å²) < 4.78 is 2.05. The maximum absolute atomic E-state index is 4.75. The SMILES string of the molecule is C1=Cc2ccc(-c3ccc4c(c3)c3cccnc3n4-c3ncccn3)cc2C2(c3ccccc31)c1ccccc1-c1ccccc12. The Bertz CT molecular complexity index is 2490. The van der Waals surface area contributed by atoms with Crippen LogP contribution < -0.4 is 0 Å². The third kappa shape index (κ3) is 3.30. The fourth-order valence-corrected chi connectivity index (χ4v) is 7.96. The Kier molecular flexibility index (Phi) is 5.17. The molecule has 0 radical (unpaired) electrons. The van der Waals surface area contributed by atoms with Crippen molar-refractivity contribution in [3.8, 4) is 28.2 Å². The normalized spacial score (nSPS) is 13.7. The predicted octanol–water partition coefficient (Wildman–Crippen LogP) is 9.48. The van der Waals surface area contributed by atoms with Crippen molar-refractivity contribution in [2.75, 3.05) is 0 Å². The predicted molar refractivity (Wildman–Crippen MR) is 186 cm³/mol. The molecule has 0 atom stereocenters. The first kappa shape index (κ1) is 25.2. The average Bonchev–Trinajstić information content (AvgIpc) is 3.56. The number of hydrogen-bond donors (Lipinski definition) is 0. The minimum atomic E-state index is -0.451. The largest absolute Gasteiger partial charge is 0.262 e. The van der Waals surface area contributed by atoms with Crippen LogP contribution in [0.1, 0.15) is 33.4 Å². The van der Waals surface area contributed by atoms with E-state index in [0.717, 1.165) is 27.5 Å². The van der Waals surface area contributed by atoms with Gasteiger partial charge in [0.2, 0.25) is 5.95 Å². The second kappa shape index (κ2) is 9.43. The molecule has 0 N–H and O–H groups in total. The molecule has 2 aliphatic rings. The fourth-order valence-electron chi connectivity index (χ4n) is 7.96. The number of fused-ring (bicyclic) bond motifs is 12. The van der Waals surface area contributed by atoms with Crippen molar-refractivity contribution in [2.24, 2.45) is 0 Å². The molecule has 2 aliphatic carbocycles. The summed E-state index contributed by atoms with van der Waals surface area (Å²) in [6, 6.07) is 46.4. The molecular weight excluding hydrogens is 560 g/mol. The summed E-state index contributed by atoms with van der Waals surface area (Å²) in [6.07, 6.45) is 9.95. The second-order valence-electron chi connectivity index (χ2n) is 12.1. The van der Waals surface area contributed by atoms with E-state index in [2.05, 4.69) is 142 Å². The first-order valence-electron chi connectivity index (χ1n) is 15.6. The van der Waals surface area contributed by atoms with E-state index in [1.54, 1.807) is 12.4 Å². The van der Waals surface area contributed by atoms with E-state index in [0.29, 0.717) is 5.95 Å². The van der Waals surface area contributed by atoms with E-state index < -0.39 is 5.41 Å². The highest BCUT2D eigenvalue weighted by molar-refractivity contribution is 6.09. The van der Waals surface area contributed by atoms with Crippen LogP contribution in [0.15, 0.2) is 146 Å². The van der Waals surface area contributed by atoms with Crippen LogP contribution in [0.25, 0.3) is 62.3 Å². The van der Waals surface area contributed by atoms with Crippen molar-refractivity contribution >= 4 is 34.1 Å². The van der Waals surface area contributed by atoms with Crippen molar-refractivity contribution in [3.05, 3.63) is 179 Å². The molecule has 0 saturated carbocycles. The summed E-state index contributed by atoms with van der Waals surface area (Å²) in [5, 5.41) is 2.20. The molecule has 0 fully saturated rings. The maximum atomic E-state index is 4.75. The Hall–Kier alpha value is -6.13. The van der Waals surface area contributed by atoms with Gasteiger partial charge in [0, 0.05) is 29.4 Å². The van der Waals surface area contributed by atoms with Crippen LogP contribution in [0.3, 0.4) is 0 Å². The molecule has 0 bridgehead atoms. The van der Waals surface area contributed by atoms with Crippen LogP contribution in [-0.4, -0.2) is 19.5 Å². The molecular formula is C42H26N4. The third-order valence-electron chi connectivity index (χ3n) is 9.83. The van der Waals surface area contributed by atoms with Gasteiger partial charge in [-0.1, -0.05) is 103 Å². The monoisotopic (exact) mass is 586 g/mol. The lowest BCUT2D eigenvalue weighted by Gasteiger charge is -2.35. The number of benzene rings is 5. The number of pyridine rings is 1. The quantitative estimate of drug-likeness (QED) is 0.203. The van der Waals surface area contributed by atoms with Crippen LogP contribution in [0.5, 0.6) is 0 Å². The Morgan fingerprint density at radius 1 is 0.457 bits per heavy atom. The van der Waals surface area contributed by atoms with Gasteiger partial charge >= 0.3 is 0 Å². The zero-order valence-corrected chi connectivity index (χ0v) is 24.8. The van der Waals surface area contributed by atoms with Crippen molar-refractivity contribution < 1.29 is 0 Å². The zero-order valence-electron chi connectivity index (χ0n) is 24.8. The van der Waals surface area contributed by atoms with E-state index in [1.165, 1.54) is 50.1 Å². The van der Waals surface area contributed by atoms with Crippen molar-refractivity contribution in [3.63, 3.8) is 0 Å². The Balaban J connectivity index is 1.26. The van der Waals surface area contributed by atoms with E-state index in [-0.39, 0.29) is 0 Å². The minimum absolute atomic E-state index is 0.451. The number of aromatic nitrogens is 4. The lowest BCUT2D eigenvalue weighted by Crippen LogP contribution is -2.30. The van der Waals surface area contributed by atoms with Gasteiger partial charge in [0.05, 0.1) is 10.9 Å². The van der Waals surface area contributed by atoms with Crippen LogP contribution in [0, 0.1) is 0 Å². The van der Waals surface area contributed by atoms with E-state index in [1.807, 2.05) is 18.3 Å². The molecule has 0 saturated heterocycles. The first-order chi connectivity index (χ1) is 22.8. The van der Waals surface area contributed by atoms with E-state index in [9.17, 15) is 0 Å². The Morgan fingerprint density at radius 3 is 1.87 bits per heavy atom. The molecule has 46 heavy (non-hydrogen) atoms. The Morgan fingerprint density at radius 2 is 1.09 bits per heavy atom. The van der Waals surface area contributed by atoms with Crippen LogP contribution in [0.4, 0.5) is 0 Å². The topological polar surface area (TPSA) is 43.6 Å². The molecule has 0 unspecified atom stereocenters. The van der Waals surface area contributed by atoms with Crippen LogP contribution in [0.2, 0.25) is 0 Å². The van der Waals surface area contributed by atoms with Gasteiger partial charge in [0.1, 0.15) is 5.65 Å². The number of hydrogen-bond acceptors (Lipinski definition) is 3. The summed E-state index contributed by atoms with van der Waals surface area (Å²) in [7, 11) is 0. The smallest absolute Gasteiger partial charge is 0.235 e. The summed E-state index contributed by atoms with van der Waals surface area (Å²) in [5.74, 6) is 0.616. The molecule has 3 heterocycles. The van der Waals surface area contributed by atoms with Gasteiger partial charge < -0.3 is 0 Å². The third-order valence-corrected chi connectivity index (χ3v) is 9.83. The van der Waals surface area contributed by atoms with Gasteiger partial charge in [-0.15, -0.1) is 0 Å². The van der Waals surface area contributed by atoms with E-state index >= 15 is 0 Å². The van der Waals surface area contributed by atoms with Gasteiger partial charge in [0.25, 0.3) is 0 Å². The highest BCUT2D eigenvalue weighted by Crippen LogP contribution is 2.58. The standard InChI is InChI=1S/C42H26N4/c1-4-13-35-27(9-1)16-17-28-18-19-30(26-38(28)42(35)36-14-5-2-10-31(36)32-11-3-6-15-37(32)42)29-20-21-39-34(25-29)33-12-7-22-43-40(33)46(39)41-44-23-8-24-45-41/h1-26H. The molecule has 8 aromatic rings. The summed E-state index contributed by atoms with van der Waals surface area (Å²) in [6.45, 7) is 0. The number of rotatable bonds is 2. The molecule has 214 valence electrons. The fraction of sp³-hybridized carbons (Fsp3) is 0.0238. The summed E-state index contributed by atoms with van der Waals surface area (Å²) >= 11 is 0. The van der Waals surface area contributed by atoms with Crippen LogP contribution in [-0.2, 0) is 5.41 Å². The van der Waals surface area contributed by atoms with Gasteiger partial charge in [0.15, 0.2) is 0 Å².